The first-order chi connectivity index (χ1) is 15.0. The molecule has 0 aromatic heterocycles. The number of rotatable bonds is 15. The van der Waals surface area contributed by atoms with E-state index in [-0.39, 0.29) is 17.6 Å². The Labute approximate surface area is 192 Å². The quantitative estimate of drug-likeness (QED) is 0.138. The van der Waals surface area contributed by atoms with Crippen LogP contribution in [0.2, 0.25) is 0 Å². The highest BCUT2D eigenvalue weighted by Crippen LogP contribution is 2.50. The van der Waals surface area contributed by atoms with Gasteiger partial charge in [0, 0.05) is 18.7 Å². The minimum Gasteiger partial charge on any atom is -0.748 e. The Morgan fingerprint density at radius 3 is 1.85 bits per heavy atom. The first-order valence-corrected chi connectivity index (χ1v) is 12.5. The minimum absolute atomic E-state index is 0.182. The molecule has 0 saturated carbocycles. The van der Waals surface area contributed by atoms with Gasteiger partial charge in [-0.15, -0.1) is 0 Å². The average Bonchev–Trinajstić information content (AvgIpc) is 2.64. The maximum atomic E-state index is 14.1. The summed E-state index contributed by atoms with van der Waals surface area (Å²) in [4.78, 5) is 0. The van der Waals surface area contributed by atoms with Crippen LogP contribution in [0, 0.1) is 0 Å². The lowest BCUT2D eigenvalue weighted by atomic mass is 10.2. The van der Waals surface area contributed by atoms with Crippen molar-refractivity contribution in [2.75, 3.05) is 52.7 Å². The van der Waals surface area contributed by atoms with Crippen LogP contribution >= 0.6 is 0 Å². The van der Waals surface area contributed by atoms with E-state index in [1.807, 2.05) is 0 Å². The van der Waals surface area contributed by atoms with Gasteiger partial charge in [0.25, 0.3) is 10.0 Å². The van der Waals surface area contributed by atoms with Crippen molar-refractivity contribution in [1.82, 2.24) is 4.31 Å². The number of aliphatic hydroxyl groups excluding tert-OH is 3. The van der Waals surface area contributed by atoms with Crippen LogP contribution in [0.1, 0.15) is 12.8 Å². The summed E-state index contributed by atoms with van der Waals surface area (Å²) in [5.74, 6) is -8.41. The zero-order valence-electron chi connectivity index (χ0n) is 18.1. The van der Waals surface area contributed by atoms with Crippen LogP contribution in [-0.2, 0) is 20.1 Å². The fourth-order valence-corrected chi connectivity index (χ4v) is 5.07. The molecule has 0 spiro atoms. The van der Waals surface area contributed by atoms with Crippen molar-refractivity contribution in [1.29, 1.82) is 0 Å². The third-order valence-electron chi connectivity index (χ3n) is 4.73. The second kappa shape index (κ2) is 11.5. The summed E-state index contributed by atoms with van der Waals surface area (Å²) >= 11 is 0. The number of nitrogens with zero attached hydrogens (tertiary/aromatic N) is 2. The smallest absolute Gasteiger partial charge is 0.461 e. The van der Waals surface area contributed by atoms with Crippen LogP contribution in [0.4, 0.5) is 30.7 Å². The molecule has 0 aliphatic carbocycles. The fraction of sp³-hybridized carbons (Fsp3) is 1.00. The van der Waals surface area contributed by atoms with E-state index >= 15 is 0 Å². The molecule has 0 rings (SSSR count). The topological polar surface area (TPSA) is 155 Å². The van der Waals surface area contributed by atoms with Gasteiger partial charge >= 0.3 is 17.4 Å². The number of sulfonamides is 1. The van der Waals surface area contributed by atoms with E-state index in [1.54, 1.807) is 0 Å². The Hall–Kier alpha value is -0.830. The van der Waals surface area contributed by atoms with Gasteiger partial charge in [-0.25, -0.2) is 16.8 Å². The van der Waals surface area contributed by atoms with E-state index < -0.39 is 92.3 Å². The third-order valence-corrected chi connectivity index (χ3v) is 7.52. The summed E-state index contributed by atoms with van der Waals surface area (Å²) in [6, 6.07) is -2.03. The molecule has 2 unspecified atom stereocenters. The molecule has 34 heavy (non-hydrogen) atoms. The fourth-order valence-electron chi connectivity index (χ4n) is 2.91. The SMILES string of the molecule is C[N+](C)(CCC(CO)N(CCCS(=O)(=O)[O-])S(=O)(=O)C(F)(F)C(F)(F)C(F)(F)F)CC(O)CO. The van der Waals surface area contributed by atoms with Crippen molar-refractivity contribution in [3.05, 3.63) is 0 Å². The number of likely N-dealkylation sites (N-methyl/N-ethyl adjacent to an activating group) is 1. The summed E-state index contributed by atoms with van der Waals surface area (Å²) in [6.07, 6.45) is -9.93. The molecule has 10 nitrogen and oxygen atoms in total. The van der Waals surface area contributed by atoms with E-state index in [0.29, 0.717) is 0 Å². The predicted molar refractivity (Wildman–Crippen MR) is 101 cm³/mol. The molecule has 0 heterocycles. The van der Waals surface area contributed by atoms with Gasteiger partial charge in [0.05, 0.1) is 50.0 Å². The molecular formula is C15H27F7N2O8S2. The van der Waals surface area contributed by atoms with E-state index in [9.17, 15) is 62.3 Å². The lowest BCUT2D eigenvalue weighted by molar-refractivity contribution is -0.893. The van der Waals surface area contributed by atoms with Gasteiger partial charge in [-0.3, -0.25) is 0 Å². The standard InChI is InChI=1S/C15H27F7N2O8S2/c1-24(2,8-12(27)10-26)6-4-11(9-25)23(5-3-7-33(28,29)30)34(31,32)15(21,22)13(16,17)14(18,19)20/h11-12,25-27H,3-10H2,1-2H3. The molecule has 0 aliphatic heterocycles. The summed E-state index contributed by atoms with van der Waals surface area (Å²) in [5.41, 5.74) is 0. The molecule has 19 heteroatoms. The zero-order chi connectivity index (χ0) is 27.4. The molecule has 0 fully saturated rings. The average molecular weight is 561 g/mol. The molecule has 2 atom stereocenters. The van der Waals surface area contributed by atoms with E-state index in [1.165, 1.54) is 14.1 Å². The minimum atomic E-state index is -7.05. The summed E-state index contributed by atoms with van der Waals surface area (Å²) in [5, 5.41) is 21.2. The van der Waals surface area contributed by atoms with Crippen LogP contribution in [0.3, 0.4) is 0 Å². The number of hydrogen-bond acceptors (Lipinski definition) is 8. The van der Waals surface area contributed by atoms with E-state index in [0.717, 1.165) is 0 Å². The van der Waals surface area contributed by atoms with E-state index in [4.69, 9.17) is 5.11 Å². The summed E-state index contributed by atoms with van der Waals surface area (Å²) in [7, 11) is -9.12. The maximum Gasteiger partial charge on any atom is 0.461 e. The third kappa shape index (κ3) is 8.38. The molecule has 206 valence electrons. The molecule has 3 N–H and O–H groups in total. The Balaban J connectivity index is 6.23. The molecular weight excluding hydrogens is 533 g/mol. The predicted octanol–water partition coefficient (Wildman–Crippen LogP) is -0.475. The highest BCUT2D eigenvalue weighted by Gasteiger charge is 2.79. The second-order valence-corrected chi connectivity index (χ2v) is 11.6. The highest BCUT2D eigenvalue weighted by molar-refractivity contribution is 7.90. The monoisotopic (exact) mass is 560 g/mol. The zero-order valence-corrected chi connectivity index (χ0v) is 19.7. The molecule has 0 saturated heterocycles. The van der Waals surface area contributed by atoms with Crippen molar-refractivity contribution in [2.45, 2.75) is 42.3 Å². The molecule has 0 aromatic carbocycles. The van der Waals surface area contributed by atoms with Gasteiger partial charge < -0.3 is 24.4 Å². The van der Waals surface area contributed by atoms with Crippen LogP contribution in [0.25, 0.3) is 0 Å². The lowest BCUT2D eigenvalue weighted by Gasteiger charge is -2.37. The Morgan fingerprint density at radius 1 is 0.971 bits per heavy atom. The first kappa shape index (κ1) is 33.2. The molecule has 0 aromatic rings. The van der Waals surface area contributed by atoms with Crippen molar-refractivity contribution >= 4 is 20.1 Å². The van der Waals surface area contributed by atoms with Gasteiger partial charge in [-0.1, -0.05) is 0 Å². The van der Waals surface area contributed by atoms with Gasteiger partial charge in [-0.2, -0.15) is 35.0 Å². The van der Waals surface area contributed by atoms with Crippen molar-refractivity contribution in [3.8, 4) is 0 Å². The molecule has 0 bridgehead atoms. The molecule has 0 amide bonds. The summed E-state index contributed by atoms with van der Waals surface area (Å²) < 4.78 is 149. The number of aliphatic hydroxyl groups is 3. The number of alkyl halides is 7. The van der Waals surface area contributed by atoms with Crippen molar-refractivity contribution < 1.29 is 71.9 Å². The Bertz CT molecular complexity index is 866. The number of quaternary nitrogens is 1. The van der Waals surface area contributed by atoms with Crippen molar-refractivity contribution in [2.24, 2.45) is 0 Å². The van der Waals surface area contributed by atoms with Crippen LogP contribution in [0.5, 0.6) is 0 Å². The number of hydrogen-bond donors (Lipinski definition) is 3. The van der Waals surface area contributed by atoms with Gasteiger partial charge in [0.1, 0.15) is 12.6 Å². The number of halogens is 7. The largest absolute Gasteiger partial charge is 0.748 e. The molecule has 0 aliphatic rings. The summed E-state index contributed by atoms with van der Waals surface area (Å²) in [6.45, 7) is -3.88. The maximum absolute atomic E-state index is 14.1. The van der Waals surface area contributed by atoms with Gasteiger partial charge in [0.2, 0.25) is 0 Å². The highest BCUT2D eigenvalue weighted by atomic mass is 32.2. The Morgan fingerprint density at radius 2 is 1.47 bits per heavy atom. The lowest BCUT2D eigenvalue weighted by Crippen LogP contribution is -2.62. The molecule has 0 radical (unpaired) electrons. The second-order valence-electron chi connectivity index (χ2n) is 8.12. The first-order valence-electron chi connectivity index (χ1n) is 9.46. The van der Waals surface area contributed by atoms with E-state index in [2.05, 4.69) is 0 Å². The van der Waals surface area contributed by atoms with Crippen molar-refractivity contribution in [3.63, 3.8) is 0 Å². The van der Waals surface area contributed by atoms with Crippen LogP contribution in [-0.4, -0.2) is 128 Å². The Kier molecular flexibility index (Phi) is 11.2. The van der Waals surface area contributed by atoms with Gasteiger partial charge in [-0.05, 0) is 6.42 Å². The van der Waals surface area contributed by atoms with Crippen LogP contribution < -0.4 is 0 Å². The van der Waals surface area contributed by atoms with Crippen LogP contribution in [0.15, 0.2) is 0 Å². The van der Waals surface area contributed by atoms with Gasteiger partial charge in [0.15, 0.2) is 0 Å². The normalized spacial score (nSPS) is 16.6.